The third-order valence-electron chi connectivity index (χ3n) is 3.29. The number of aromatic nitrogens is 2. The molecule has 0 amide bonds. The lowest BCUT2D eigenvalue weighted by molar-refractivity contribution is 0.185. The minimum Gasteiger partial charge on any atom is -0.387 e. The average Bonchev–Trinajstić information content (AvgIpc) is 2.96. The van der Waals surface area contributed by atoms with Crippen molar-refractivity contribution in [1.29, 1.82) is 0 Å². The minimum absolute atomic E-state index is 0.310. The molecule has 21 heavy (non-hydrogen) atoms. The van der Waals surface area contributed by atoms with Crippen molar-refractivity contribution < 1.29 is 9.50 Å². The number of nitrogens with zero attached hydrogens (tertiary/aromatic N) is 3. The van der Waals surface area contributed by atoms with Crippen LogP contribution in [0.3, 0.4) is 0 Å². The zero-order chi connectivity index (χ0) is 14.8. The van der Waals surface area contributed by atoms with E-state index in [1.807, 2.05) is 23.4 Å². The monoisotopic (exact) mass is 303 g/mol. The second-order valence-corrected chi connectivity index (χ2v) is 5.70. The summed E-state index contributed by atoms with van der Waals surface area (Å²) in [4.78, 5) is 10.4. The highest BCUT2D eigenvalue weighted by Gasteiger charge is 2.15. The molecule has 4 nitrogen and oxygen atoms in total. The van der Waals surface area contributed by atoms with Gasteiger partial charge in [0.1, 0.15) is 18.0 Å². The topological polar surface area (TPSA) is 49.2 Å². The van der Waals surface area contributed by atoms with Crippen molar-refractivity contribution in [2.24, 2.45) is 0 Å². The van der Waals surface area contributed by atoms with E-state index >= 15 is 0 Å². The van der Waals surface area contributed by atoms with Crippen LogP contribution in [0, 0.1) is 5.82 Å². The first-order valence-corrected chi connectivity index (χ1v) is 7.36. The largest absolute Gasteiger partial charge is 0.387 e. The Kier molecular flexibility index (Phi) is 3.81. The number of anilines is 1. The summed E-state index contributed by atoms with van der Waals surface area (Å²) in [6.07, 6.45) is 0.811. The van der Waals surface area contributed by atoms with Crippen LogP contribution in [0.1, 0.15) is 11.7 Å². The van der Waals surface area contributed by atoms with E-state index < -0.39 is 6.10 Å². The summed E-state index contributed by atoms with van der Waals surface area (Å²) in [7, 11) is 1.87. The van der Waals surface area contributed by atoms with Crippen LogP contribution < -0.4 is 4.90 Å². The van der Waals surface area contributed by atoms with E-state index in [2.05, 4.69) is 9.97 Å². The van der Waals surface area contributed by atoms with Gasteiger partial charge in [-0.1, -0.05) is 12.1 Å². The number of hydrogen-bond acceptors (Lipinski definition) is 5. The van der Waals surface area contributed by atoms with E-state index in [-0.39, 0.29) is 5.82 Å². The third-order valence-corrected chi connectivity index (χ3v) is 4.19. The van der Waals surface area contributed by atoms with Gasteiger partial charge in [0.25, 0.3) is 0 Å². The van der Waals surface area contributed by atoms with Crippen LogP contribution in [0.25, 0.3) is 10.2 Å². The molecule has 108 valence electrons. The van der Waals surface area contributed by atoms with E-state index in [1.54, 1.807) is 23.5 Å². The summed E-state index contributed by atoms with van der Waals surface area (Å²) in [6.45, 7) is 0.371. The minimum atomic E-state index is -0.708. The van der Waals surface area contributed by atoms with E-state index in [0.29, 0.717) is 12.1 Å². The summed E-state index contributed by atoms with van der Waals surface area (Å²) in [5.41, 5.74) is 1.58. The van der Waals surface area contributed by atoms with Crippen LogP contribution in [-0.2, 0) is 0 Å². The van der Waals surface area contributed by atoms with Gasteiger partial charge in [-0.25, -0.2) is 14.4 Å². The Morgan fingerprint density at radius 3 is 2.76 bits per heavy atom. The first-order chi connectivity index (χ1) is 10.1. The van der Waals surface area contributed by atoms with Gasteiger partial charge in [-0.2, -0.15) is 0 Å². The molecular weight excluding hydrogens is 289 g/mol. The number of aliphatic hydroxyl groups is 1. The predicted molar refractivity (Wildman–Crippen MR) is 82.0 cm³/mol. The Labute approximate surface area is 125 Å². The van der Waals surface area contributed by atoms with Crippen molar-refractivity contribution in [2.75, 3.05) is 18.5 Å². The molecule has 2 heterocycles. The van der Waals surface area contributed by atoms with E-state index in [0.717, 1.165) is 16.0 Å². The number of thiophene rings is 1. The van der Waals surface area contributed by atoms with Gasteiger partial charge < -0.3 is 10.0 Å². The van der Waals surface area contributed by atoms with Gasteiger partial charge in [0.15, 0.2) is 0 Å². The number of likely N-dealkylation sites (N-methyl/N-ethyl adjacent to an activating group) is 1. The maximum Gasteiger partial charge on any atom is 0.149 e. The van der Waals surface area contributed by atoms with Crippen molar-refractivity contribution in [2.45, 2.75) is 6.10 Å². The van der Waals surface area contributed by atoms with E-state index in [1.165, 1.54) is 18.5 Å². The maximum absolute atomic E-state index is 12.9. The lowest BCUT2D eigenvalue weighted by Crippen LogP contribution is -2.25. The molecule has 0 radical (unpaired) electrons. The van der Waals surface area contributed by atoms with Gasteiger partial charge in [-0.15, -0.1) is 11.3 Å². The van der Waals surface area contributed by atoms with E-state index in [9.17, 15) is 9.50 Å². The fraction of sp³-hybridized carbons (Fsp3) is 0.200. The first kappa shape index (κ1) is 13.9. The van der Waals surface area contributed by atoms with Gasteiger partial charge in [0.05, 0.1) is 16.3 Å². The third kappa shape index (κ3) is 2.86. The second-order valence-electron chi connectivity index (χ2n) is 4.78. The smallest absolute Gasteiger partial charge is 0.149 e. The zero-order valence-corrected chi connectivity index (χ0v) is 12.2. The quantitative estimate of drug-likeness (QED) is 0.805. The number of hydrogen-bond donors (Lipinski definition) is 1. The van der Waals surface area contributed by atoms with Crippen molar-refractivity contribution >= 4 is 27.4 Å². The highest BCUT2D eigenvalue weighted by atomic mass is 32.1. The Balaban J connectivity index is 1.81. The molecule has 1 atom stereocenters. The molecule has 0 aliphatic rings. The van der Waals surface area contributed by atoms with Crippen molar-refractivity contribution in [1.82, 2.24) is 9.97 Å². The molecule has 0 fully saturated rings. The average molecular weight is 303 g/mol. The molecule has 0 bridgehead atoms. The molecule has 1 N–H and O–H groups in total. The van der Waals surface area contributed by atoms with Crippen LogP contribution in [0.15, 0.2) is 42.0 Å². The lowest BCUT2D eigenvalue weighted by Gasteiger charge is -2.22. The molecule has 3 aromatic rings. The number of halogens is 1. The molecule has 0 saturated heterocycles. The van der Waals surface area contributed by atoms with Gasteiger partial charge in [-0.05, 0) is 29.1 Å². The summed E-state index contributed by atoms with van der Waals surface area (Å²) in [5.74, 6) is 0.478. The van der Waals surface area contributed by atoms with Gasteiger partial charge in [-0.3, -0.25) is 0 Å². The molecule has 0 saturated carbocycles. The van der Waals surface area contributed by atoms with Crippen molar-refractivity contribution in [3.05, 3.63) is 53.4 Å². The number of benzene rings is 1. The van der Waals surface area contributed by atoms with Crippen molar-refractivity contribution in [3.8, 4) is 0 Å². The Morgan fingerprint density at radius 1 is 1.24 bits per heavy atom. The molecule has 3 rings (SSSR count). The molecule has 1 aromatic carbocycles. The molecule has 0 aliphatic carbocycles. The van der Waals surface area contributed by atoms with Gasteiger partial charge in [0, 0.05) is 13.6 Å². The van der Waals surface area contributed by atoms with Crippen LogP contribution in [0.4, 0.5) is 10.2 Å². The van der Waals surface area contributed by atoms with E-state index in [4.69, 9.17) is 0 Å². The molecule has 6 heteroatoms. The number of fused-ring (bicyclic) bond motifs is 1. The SMILES string of the molecule is CN(CC(O)c1ccc(F)cc1)c1ncnc2ccsc12. The van der Waals surface area contributed by atoms with Crippen LogP contribution >= 0.6 is 11.3 Å². The zero-order valence-electron chi connectivity index (χ0n) is 11.4. The van der Waals surface area contributed by atoms with Crippen molar-refractivity contribution in [3.63, 3.8) is 0 Å². The maximum atomic E-state index is 12.9. The number of aliphatic hydroxyl groups excluding tert-OH is 1. The molecule has 2 aromatic heterocycles. The predicted octanol–water partition coefficient (Wildman–Crippen LogP) is 3.00. The fourth-order valence-electron chi connectivity index (χ4n) is 2.18. The Morgan fingerprint density at radius 2 is 2.00 bits per heavy atom. The van der Waals surface area contributed by atoms with Crippen LogP contribution in [0.2, 0.25) is 0 Å². The summed E-state index contributed by atoms with van der Waals surface area (Å²) >= 11 is 1.57. The Hall–Kier alpha value is -2.05. The Bertz CT molecular complexity index is 744. The fourth-order valence-corrected chi connectivity index (χ4v) is 3.07. The van der Waals surface area contributed by atoms with Gasteiger partial charge >= 0.3 is 0 Å². The number of rotatable bonds is 4. The molecule has 0 spiro atoms. The first-order valence-electron chi connectivity index (χ1n) is 6.48. The van der Waals surface area contributed by atoms with Gasteiger partial charge in [0.2, 0.25) is 0 Å². The van der Waals surface area contributed by atoms with Crippen LogP contribution in [0.5, 0.6) is 0 Å². The lowest BCUT2D eigenvalue weighted by atomic mass is 10.1. The summed E-state index contributed by atoms with van der Waals surface area (Å²) in [6, 6.07) is 7.82. The summed E-state index contributed by atoms with van der Waals surface area (Å²) in [5, 5.41) is 12.2. The highest BCUT2D eigenvalue weighted by molar-refractivity contribution is 7.17. The molecular formula is C15H14FN3OS. The highest BCUT2D eigenvalue weighted by Crippen LogP contribution is 2.28. The van der Waals surface area contributed by atoms with Crippen LogP contribution in [-0.4, -0.2) is 28.7 Å². The standard InChI is InChI=1S/C15H14FN3OS/c1-19(8-13(20)10-2-4-11(16)5-3-10)15-14-12(6-7-21-14)17-9-18-15/h2-7,9,13,20H,8H2,1H3. The second kappa shape index (κ2) is 5.75. The normalized spacial score (nSPS) is 12.5. The summed E-state index contributed by atoms with van der Waals surface area (Å²) < 4.78 is 13.9. The molecule has 0 aliphatic heterocycles. The molecule has 1 unspecified atom stereocenters.